The molecule has 1 fully saturated rings. The van der Waals surface area contributed by atoms with Gasteiger partial charge in [0.15, 0.2) is 0 Å². The molecule has 0 aliphatic carbocycles. The number of hydrogen-bond donors (Lipinski definition) is 2. The van der Waals surface area contributed by atoms with Gasteiger partial charge in [0.05, 0.1) is 0 Å². The summed E-state index contributed by atoms with van der Waals surface area (Å²) in [6.07, 6.45) is 1.19. The van der Waals surface area contributed by atoms with Crippen LogP contribution in [0, 0.1) is 5.92 Å². The van der Waals surface area contributed by atoms with E-state index in [1.807, 2.05) is 12.1 Å². The molecule has 0 aromatic heterocycles. The van der Waals surface area contributed by atoms with Crippen LogP contribution >= 0.6 is 0 Å². The summed E-state index contributed by atoms with van der Waals surface area (Å²) in [5, 5.41) is 12.7. The van der Waals surface area contributed by atoms with E-state index in [4.69, 9.17) is 0 Å². The highest BCUT2D eigenvalue weighted by molar-refractivity contribution is 5.33. The molecular weight excluding hydrogens is 174 g/mol. The third-order valence-corrected chi connectivity index (χ3v) is 3.33. The molecule has 1 aromatic carbocycles. The highest BCUT2D eigenvalue weighted by Gasteiger charge is 2.40. The van der Waals surface area contributed by atoms with Gasteiger partial charge < -0.3 is 10.4 Å². The molecule has 2 rings (SSSR count). The average molecular weight is 191 g/mol. The predicted octanol–water partition coefficient (Wildman–Crippen LogP) is 2.24. The Morgan fingerprint density at radius 3 is 2.21 bits per heavy atom. The maximum atomic E-state index is 9.23. The second-order valence-corrected chi connectivity index (χ2v) is 4.35. The van der Waals surface area contributed by atoms with Gasteiger partial charge in [-0.25, -0.2) is 0 Å². The van der Waals surface area contributed by atoms with E-state index in [1.54, 1.807) is 12.1 Å². The first-order chi connectivity index (χ1) is 6.65. The van der Waals surface area contributed by atoms with Gasteiger partial charge in [0.1, 0.15) is 5.75 Å². The molecule has 1 atom stereocenters. The number of benzene rings is 1. The van der Waals surface area contributed by atoms with Crippen molar-refractivity contribution >= 4 is 0 Å². The second kappa shape index (κ2) is 3.28. The van der Waals surface area contributed by atoms with E-state index in [2.05, 4.69) is 19.2 Å². The van der Waals surface area contributed by atoms with Crippen molar-refractivity contribution in [1.29, 1.82) is 0 Å². The molecule has 0 amide bonds. The number of aromatic hydroxyl groups is 1. The minimum absolute atomic E-state index is 0.147. The zero-order valence-corrected chi connectivity index (χ0v) is 8.75. The van der Waals surface area contributed by atoms with E-state index in [0.29, 0.717) is 11.7 Å². The van der Waals surface area contributed by atoms with Crippen molar-refractivity contribution in [2.75, 3.05) is 6.54 Å². The van der Waals surface area contributed by atoms with Crippen LogP contribution in [0.3, 0.4) is 0 Å². The fraction of sp³-hybridized carbons (Fsp3) is 0.500. The van der Waals surface area contributed by atoms with Crippen LogP contribution in [0.5, 0.6) is 5.75 Å². The number of nitrogens with one attached hydrogen (secondary N) is 1. The summed E-state index contributed by atoms with van der Waals surface area (Å²) in [5.74, 6) is 0.924. The maximum Gasteiger partial charge on any atom is 0.115 e. The van der Waals surface area contributed by atoms with Gasteiger partial charge in [-0.05, 0) is 36.6 Å². The lowest BCUT2D eigenvalue weighted by atomic mass is 9.72. The Balaban J connectivity index is 2.32. The van der Waals surface area contributed by atoms with Crippen molar-refractivity contribution in [3.63, 3.8) is 0 Å². The Kier molecular flexibility index (Phi) is 2.23. The number of hydrogen-bond acceptors (Lipinski definition) is 2. The van der Waals surface area contributed by atoms with Crippen molar-refractivity contribution in [1.82, 2.24) is 5.32 Å². The molecule has 2 nitrogen and oxygen atoms in total. The SMILES string of the molecule is CC(C)C1(c2ccc(O)cc2)CCN1. The van der Waals surface area contributed by atoms with Gasteiger partial charge in [-0.1, -0.05) is 26.0 Å². The zero-order valence-electron chi connectivity index (χ0n) is 8.75. The van der Waals surface area contributed by atoms with Crippen molar-refractivity contribution in [3.05, 3.63) is 29.8 Å². The molecule has 1 aliphatic rings. The van der Waals surface area contributed by atoms with E-state index in [0.717, 1.165) is 6.54 Å². The number of phenolic OH excluding ortho intramolecular Hbond substituents is 1. The summed E-state index contributed by atoms with van der Waals surface area (Å²) in [6, 6.07) is 7.56. The Hall–Kier alpha value is -1.02. The highest BCUT2D eigenvalue weighted by Crippen LogP contribution is 2.38. The van der Waals surface area contributed by atoms with Gasteiger partial charge >= 0.3 is 0 Å². The molecule has 0 radical (unpaired) electrons. The molecule has 1 aliphatic heterocycles. The lowest BCUT2D eigenvalue weighted by molar-refractivity contribution is 0.139. The Bertz CT molecular complexity index is 312. The van der Waals surface area contributed by atoms with Crippen molar-refractivity contribution in [2.24, 2.45) is 5.92 Å². The van der Waals surface area contributed by atoms with Crippen LogP contribution in [0.15, 0.2) is 24.3 Å². The summed E-state index contributed by atoms with van der Waals surface area (Å²) in [5.41, 5.74) is 1.44. The molecule has 1 aromatic rings. The first-order valence-electron chi connectivity index (χ1n) is 5.20. The molecule has 1 saturated heterocycles. The van der Waals surface area contributed by atoms with Crippen molar-refractivity contribution < 1.29 is 5.11 Å². The maximum absolute atomic E-state index is 9.23. The minimum atomic E-state index is 0.147. The molecule has 0 spiro atoms. The quantitative estimate of drug-likeness (QED) is 0.751. The fourth-order valence-corrected chi connectivity index (χ4v) is 2.23. The van der Waals surface area contributed by atoms with Gasteiger partial charge in [-0.15, -0.1) is 0 Å². The third kappa shape index (κ3) is 1.30. The average Bonchev–Trinajstić information content (AvgIpc) is 2.05. The monoisotopic (exact) mass is 191 g/mol. The van der Waals surface area contributed by atoms with Crippen LogP contribution in [0.4, 0.5) is 0 Å². The normalized spacial score (nSPS) is 26.2. The largest absolute Gasteiger partial charge is 0.508 e. The Morgan fingerprint density at radius 2 is 1.86 bits per heavy atom. The lowest BCUT2D eigenvalue weighted by Gasteiger charge is -2.47. The first kappa shape index (κ1) is 9.53. The van der Waals surface area contributed by atoms with Crippen LogP contribution in [0.1, 0.15) is 25.8 Å². The summed E-state index contributed by atoms with van der Waals surface area (Å²) in [6.45, 7) is 5.57. The van der Waals surface area contributed by atoms with Crippen LogP contribution in [-0.4, -0.2) is 11.7 Å². The zero-order chi connectivity index (χ0) is 10.2. The summed E-state index contributed by atoms with van der Waals surface area (Å²) < 4.78 is 0. The number of phenols is 1. The van der Waals surface area contributed by atoms with E-state index >= 15 is 0 Å². The molecule has 76 valence electrons. The Labute approximate surface area is 85.0 Å². The molecule has 2 heteroatoms. The van der Waals surface area contributed by atoms with E-state index < -0.39 is 0 Å². The summed E-state index contributed by atoms with van der Waals surface area (Å²) in [4.78, 5) is 0. The van der Waals surface area contributed by atoms with Gasteiger partial charge in [0.25, 0.3) is 0 Å². The summed E-state index contributed by atoms with van der Waals surface area (Å²) >= 11 is 0. The first-order valence-corrected chi connectivity index (χ1v) is 5.20. The third-order valence-electron chi connectivity index (χ3n) is 3.33. The predicted molar refractivity (Wildman–Crippen MR) is 57.2 cm³/mol. The van der Waals surface area contributed by atoms with Crippen LogP contribution < -0.4 is 5.32 Å². The van der Waals surface area contributed by atoms with Crippen molar-refractivity contribution in [2.45, 2.75) is 25.8 Å². The molecule has 14 heavy (non-hydrogen) atoms. The standard InChI is InChI=1S/C12H17NO/c1-9(2)12(7-8-13-12)10-3-5-11(14)6-4-10/h3-6,9,13-14H,7-8H2,1-2H3. The Morgan fingerprint density at radius 1 is 1.29 bits per heavy atom. The van der Waals surface area contributed by atoms with Gasteiger partial charge in [0.2, 0.25) is 0 Å². The van der Waals surface area contributed by atoms with E-state index in [-0.39, 0.29) is 5.54 Å². The molecule has 1 heterocycles. The van der Waals surface area contributed by atoms with Crippen LogP contribution in [0.2, 0.25) is 0 Å². The fourth-order valence-electron chi connectivity index (χ4n) is 2.23. The van der Waals surface area contributed by atoms with Gasteiger partial charge in [-0.3, -0.25) is 0 Å². The molecule has 1 unspecified atom stereocenters. The van der Waals surface area contributed by atoms with E-state index in [1.165, 1.54) is 12.0 Å². The molecule has 0 bridgehead atoms. The number of rotatable bonds is 2. The molecule has 2 N–H and O–H groups in total. The lowest BCUT2D eigenvalue weighted by Crippen LogP contribution is -2.57. The smallest absolute Gasteiger partial charge is 0.115 e. The van der Waals surface area contributed by atoms with Crippen LogP contribution in [-0.2, 0) is 5.54 Å². The van der Waals surface area contributed by atoms with Gasteiger partial charge in [-0.2, -0.15) is 0 Å². The molecule has 0 saturated carbocycles. The minimum Gasteiger partial charge on any atom is -0.508 e. The van der Waals surface area contributed by atoms with Crippen LogP contribution in [0.25, 0.3) is 0 Å². The molecular formula is C12H17NO. The van der Waals surface area contributed by atoms with E-state index in [9.17, 15) is 5.11 Å². The van der Waals surface area contributed by atoms with Crippen molar-refractivity contribution in [3.8, 4) is 5.75 Å². The highest BCUT2D eigenvalue weighted by atomic mass is 16.3. The summed E-state index contributed by atoms with van der Waals surface area (Å²) in [7, 11) is 0. The second-order valence-electron chi connectivity index (χ2n) is 4.35. The van der Waals surface area contributed by atoms with Gasteiger partial charge in [0, 0.05) is 5.54 Å². The topological polar surface area (TPSA) is 32.3 Å².